The van der Waals surface area contributed by atoms with Crippen molar-refractivity contribution in [1.82, 2.24) is 14.5 Å². The van der Waals surface area contributed by atoms with E-state index in [4.69, 9.17) is 25.8 Å². The van der Waals surface area contributed by atoms with E-state index in [0.717, 1.165) is 49.5 Å². The molecule has 2 aliphatic heterocycles. The second-order valence-corrected chi connectivity index (χ2v) is 10.7. The minimum Gasteiger partial charge on any atom is -0.482 e. The Kier molecular flexibility index (Phi) is 8.38. The first kappa shape index (κ1) is 25.6. The molecule has 0 unspecified atom stereocenters. The predicted molar refractivity (Wildman–Crippen MR) is 131 cm³/mol. The van der Waals surface area contributed by atoms with Crippen molar-refractivity contribution in [3.8, 4) is 17.2 Å². The minimum atomic E-state index is -3.63. The van der Waals surface area contributed by atoms with Crippen molar-refractivity contribution in [2.24, 2.45) is 0 Å². The van der Waals surface area contributed by atoms with Gasteiger partial charge in [0, 0.05) is 39.3 Å². The van der Waals surface area contributed by atoms with Crippen molar-refractivity contribution in [3.05, 3.63) is 47.0 Å². The molecule has 0 bridgehead atoms. The lowest BCUT2D eigenvalue weighted by molar-refractivity contribution is -0.135. The monoisotopic (exact) mass is 523 g/mol. The number of amides is 1. The van der Waals surface area contributed by atoms with E-state index in [1.165, 1.54) is 18.2 Å². The fourth-order valence-electron chi connectivity index (χ4n) is 3.92. The molecule has 2 aliphatic rings. The molecule has 0 saturated carbocycles. The summed E-state index contributed by atoms with van der Waals surface area (Å²) in [5.41, 5.74) is 1.14. The molecule has 0 atom stereocenters. The van der Waals surface area contributed by atoms with Crippen LogP contribution >= 0.6 is 11.6 Å². The van der Waals surface area contributed by atoms with Gasteiger partial charge < -0.3 is 19.1 Å². The van der Waals surface area contributed by atoms with Crippen LogP contribution < -0.4 is 18.9 Å². The fraction of sp³-hybridized carbons (Fsp3) is 0.458. The van der Waals surface area contributed by atoms with E-state index >= 15 is 0 Å². The molecule has 0 aromatic heterocycles. The molecule has 4 rings (SSSR count). The third-order valence-electron chi connectivity index (χ3n) is 5.96. The molecule has 0 spiro atoms. The van der Waals surface area contributed by atoms with Gasteiger partial charge in [0.25, 0.3) is 5.91 Å². The number of unbranched alkanes of at least 4 members (excludes halogenated alkanes) is 1. The summed E-state index contributed by atoms with van der Waals surface area (Å²) in [5.74, 6) is 1.67. The van der Waals surface area contributed by atoms with Crippen LogP contribution in [0.25, 0.3) is 0 Å². The molecule has 35 heavy (non-hydrogen) atoms. The van der Waals surface area contributed by atoms with Gasteiger partial charge in [-0.1, -0.05) is 31.0 Å². The van der Waals surface area contributed by atoms with Gasteiger partial charge in [0.05, 0.1) is 9.92 Å². The van der Waals surface area contributed by atoms with E-state index in [-0.39, 0.29) is 35.0 Å². The topological polar surface area (TPSA) is 97.4 Å². The fourth-order valence-corrected chi connectivity index (χ4v) is 5.32. The average molecular weight is 524 g/mol. The number of sulfonamides is 1. The van der Waals surface area contributed by atoms with Gasteiger partial charge in [-0.15, -0.1) is 0 Å². The SMILES string of the molecule is CCCCNS(=O)(=O)c1ccc(OCC(=O)N2CCN(Cc3ccc4c(c3)OCO4)CC2)c(Cl)c1. The van der Waals surface area contributed by atoms with E-state index < -0.39 is 10.0 Å². The molecular formula is C24H30ClN3O6S. The molecule has 0 aliphatic carbocycles. The lowest BCUT2D eigenvalue weighted by Crippen LogP contribution is -2.49. The lowest BCUT2D eigenvalue weighted by atomic mass is 10.1. The average Bonchev–Trinajstić information content (AvgIpc) is 3.31. The van der Waals surface area contributed by atoms with Crippen molar-refractivity contribution >= 4 is 27.5 Å². The Balaban J connectivity index is 1.24. The van der Waals surface area contributed by atoms with Gasteiger partial charge >= 0.3 is 0 Å². The van der Waals surface area contributed by atoms with Crippen molar-refractivity contribution < 1.29 is 27.4 Å². The number of halogens is 1. The van der Waals surface area contributed by atoms with E-state index in [1.807, 2.05) is 25.1 Å². The first-order valence-electron chi connectivity index (χ1n) is 11.7. The van der Waals surface area contributed by atoms with E-state index in [0.29, 0.717) is 19.6 Å². The summed E-state index contributed by atoms with van der Waals surface area (Å²) in [4.78, 5) is 16.8. The Bertz CT molecular complexity index is 1150. The van der Waals surface area contributed by atoms with Crippen LogP contribution in [0.4, 0.5) is 0 Å². The van der Waals surface area contributed by atoms with Gasteiger partial charge in [-0.25, -0.2) is 13.1 Å². The second-order valence-electron chi connectivity index (χ2n) is 8.48. The Morgan fingerprint density at radius 3 is 2.60 bits per heavy atom. The normalized spacial score (nSPS) is 15.9. The minimum absolute atomic E-state index is 0.0656. The number of hydrogen-bond donors (Lipinski definition) is 1. The quantitative estimate of drug-likeness (QED) is 0.478. The van der Waals surface area contributed by atoms with Crippen LogP contribution in [-0.4, -0.2) is 70.2 Å². The maximum atomic E-state index is 12.7. The highest BCUT2D eigenvalue weighted by Gasteiger charge is 2.23. The number of nitrogens with one attached hydrogen (secondary N) is 1. The largest absolute Gasteiger partial charge is 0.482 e. The van der Waals surface area contributed by atoms with Gasteiger partial charge in [0.2, 0.25) is 16.8 Å². The summed E-state index contributed by atoms with van der Waals surface area (Å²) in [7, 11) is -3.63. The zero-order valence-corrected chi connectivity index (χ0v) is 21.2. The zero-order chi connectivity index (χ0) is 24.8. The predicted octanol–water partition coefficient (Wildman–Crippen LogP) is 2.87. The number of carbonyl (C=O) groups is 1. The summed E-state index contributed by atoms with van der Waals surface area (Å²) in [6.07, 6.45) is 1.64. The van der Waals surface area contributed by atoms with Crippen LogP contribution in [-0.2, 0) is 21.4 Å². The van der Waals surface area contributed by atoms with Crippen LogP contribution in [0.3, 0.4) is 0 Å². The summed E-state index contributed by atoms with van der Waals surface area (Å²) < 4.78 is 43.6. The molecule has 190 valence electrons. The molecule has 1 amide bonds. The van der Waals surface area contributed by atoms with Gasteiger partial charge in [-0.2, -0.15) is 0 Å². The number of hydrogen-bond acceptors (Lipinski definition) is 7. The molecule has 2 aromatic carbocycles. The van der Waals surface area contributed by atoms with Crippen LogP contribution in [0, 0.1) is 0 Å². The maximum Gasteiger partial charge on any atom is 0.260 e. The number of fused-ring (bicyclic) bond motifs is 1. The van der Waals surface area contributed by atoms with Gasteiger partial charge in [-0.3, -0.25) is 9.69 Å². The molecule has 1 N–H and O–H groups in total. The van der Waals surface area contributed by atoms with Gasteiger partial charge in [-0.05, 0) is 42.3 Å². The van der Waals surface area contributed by atoms with E-state index in [2.05, 4.69) is 9.62 Å². The van der Waals surface area contributed by atoms with E-state index in [1.54, 1.807) is 4.90 Å². The smallest absolute Gasteiger partial charge is 0.260 e. The van der Waals surface area contributed by atoms with Crippen molar-refractivity contribution in [1.29, 1.82) is 0 Å². The molecule has 2 aromatic rings. The molecular weight excluding hydrogens is 494 g/mol. The molecule has 11 heteroatoms. The van der Waals surface area contributed by atoms with E-state index in [9.17, 15) is 13.2 Å². The number of ether oxygens (including phenoxy) is 3. The number of benzene rings is 2. The van der Waals surface area contributed by atoms with Gasteiger partial charge in [0.1, 0.15) is 5.75 Å². The third kappa shape index (κ3) is 6.58. The van der Waals surface area contributed by atoms with Crippen molar-refractivity contribution in [2.75, 3.05) is 46.1 Å². The standard InChI is InChI=1S/C24H30ClN3O6S/c1-2-3-8-26-35(30,31)19-5-7-21(20(25)14-19)32-16-24(29)28-11-9-27(10-12-28)15-18-4-6-22-23(13-18)34-17-33-22/h4-7,13-14,26H,2-3,8-12,15-17H2,1H3. The molecule has 9 nitrogen and oxygen atoms in total. The molecule has 2 heterocycles. The van der Waals surface area contributed by atoms with Crippen molar-refractivity contribution in [3.63, 3.8) is 0 Å². The maximum absolute atomic E-state index is 12.7. The summed E-state index contributed by atoms with van der Waals surface area (Å²) >= 11 is 6.23. The van der Waals surface area contributed by atoms with Crippen molar-refractivity contribution in [2.45, 2.75) is 31.2 Å². The molecule has 0 radical (unpaired) electrons. The Hall–Kier alpha value is -2.53. The Morgan fingerprint density at radius 1 is 1.09 bits per heavy atom. The number of rotatable bonds is 10. The number of piperazine rings is 1. The molecule has 1 saturated heterocycles. The Morgan fingerprint density at radius 2 is 1.86 bits per heavy atom. The molecule has 1 fully saturated rings. The number of carbonyl (C=O) groups excluding carboxylic acids is 1. The zero-order valence-electron chi connectivity index (χ0n) is 19.7. The Labute approximate surface area is 210 Å². The number of nitrogens with zero attached hydrogens (tertiary/aromatic N) is 2. The second kappa shape index (κ2) is 11.5. The highest BCUT2D eigenvalue weighted by atomic mass is 35.5. The first-order valence-corrected chi connectivity index (χ1v) is 13.5. The van der Waals surface area contributed by atoms with Crippen LogP contribution in [0.15, 0.2) is 41.3 Å². The summed E-state index contributed by atoms with van der Waals surface area (Å²) in [6.45, 7) is 5.91. The van der Waals surface area contributed by atoms with Crippen LogP contribution in [0.1, 0.15) is 25.3 Å². The third-order valence-corrected chi connectivity index (χ3v) is 7.71. The van der Waals surface area contributed by atoms with Gasteiger partial charge in [0.15, 0.2) is 18.1 Å². The van der Waals surface area contributed by atoms with Crippen LogP contribution in [0.2, 0.25) is 5.02 Å². The summed E-state index contributed by atoms with van der Waals surface area (Å²) in [6, 6.07) is 10.2. The highest BCUT2D eigenvalue weighted by molar-refractivity contribution is 7.89. The lowest BCUT2D eigenvalue weighted by Gasteiger charge is -2.34. The van der Waals surface area contributed by atoms with Crippen LogP contribution in [0.5, 0.6) is 17.2 Å². The first-order chi connectivity index (χ1) is 16.9. The summed E-state index contributed by atoms with van der Waals surface area (Å²) in [5, 5.41) is 0.143. The highest BCUT2D eigenvalue weighted by Crippen LogP contribution is 2.33.